The van der Waals surface area contributed by atoms with Crippen molar-refractivity contribution in [3.63, 3.8) is 0 Å². The zero-order valence-corrected chi connectivity index (χ0v) is 12.5. The summed E-state index contributed by atoms with van der Waals surface area (Å²) in [6, 6.07) is -0.422. The topological polar surface area (TPSA) is 126 Å². The van der Waals surface area contributed by atoms with E-state index >= 15 is 0 Å². The van der Waals surface area contributed by atoms with Gasteiger partial charge in [-0.1, -0.05) is 13.3 Å². The van der Waals surface area contributed by atoms with Crippen LogP contribution in [0.3, 0.4) is 0 Å². The van der Waals surface area contributed by atoms with Crippen LogP contribution in [0.15, 0.2) is 5.38 Å². The molecule has 0 aliphatic carbocycles. The Kier molecular flexibility index (Phi) is 6.60. The average molecular weight is 314 g/mol. The molecule has 8 nitrogen and oxygen atoms in total. The lowest BCUT2D eigenvalue weighted by Gasteiger charge is -2.21. The summed E-state index contributed by atoms with van der Waals surface area (Å²) < 4.78 is 0. The Morgan fingerprint density at radius 2 is 2.19 bits per heavy atom. The number of hydrogen-bond acceptors (Lipinski definition) is 5. The second-order valence-corrected chi connectivity index (χ2v) is 5.27. The quantitative estimate of drug-likeness (QED) is 0.649. The third kappa shape index (κ3) is 5.78. The molecule has 1 heterocycles. The Hall–Kier alpha value is -2.16. The van der Waals surface area contributed by atoms with Crippen molar-refractivity contribution in [1.82, 2.24) is 15.2 Å². The number of nitrogens with one attached hydrogen (secondary N) is 1. The number of amides is 3. The van der Waals surface area contributed by atoms with E-state index in [1.165, 1.54) is 10.3 Å². The predicted octanol–water partition coefficient (Wildman–Crippen LogP) is 0.638. The molecule has 0 radical (unpaired) electrons. The molecular formula is C12H18N4O4S. The summed E-state index contributed by atoms with van der Waals surface area (Å²) in [7, 11) is 0. The third-order valence-electron chi connectivity index (χ3n) is 2.58. The van der Waals surface area contributed by atoms with Crippen LogP contribution < -0.4 is 11.1 Å². The number of carbonyl (C=O) groups is 3. The van der Waals surface area contributed by atoms with E-state index in [1.807, 2.05) is 6.92 Å². The van der Waals surface area contributed by atoms with Crippen molar-refractivity contribution in [1.29, 1.82) is 0 Å². The van der Waals surface area contributed by atoms with Crippen molar-refractivity contribution >= 4 is 29.2 Å². The molecule has 116 valence electrons. The number of urea groups is 1. The molecule has 1 aromatic rings. The highest BCUT2D eigenvalue weighted by Crippen LogP contribution is 2.09. The number of unbranched alkanes of at least 4 members (excludes halogenated alkanes) is 1. The lowest BCUT2D eigenvalue weighted by molar-refractivity contribution is -0.118. The highest BCUT2D eigenvalue weighted by molar-refractivity contribution is 7.09. The van der Waals surface area contributed by atoms with Crippen LogP contribution in [-0.2, 0) is 11.3 Å². The molecule has 0 aliphatic heterocycles. The molecule has 1 rings (SSSR count). The minimum atomic E-state index is -1.11. The van der Waals surface area contributed by atoms with Gasteiger partial charge in [0.1, 0.15) is 11.6 Å². The van der Waals surface area contributed by atoms with E-state index in [0.717, 1.165) is 24.2 Å². The Morgan fingerprint density at radius 1 is 1.48 bits per heavy atom. The zero-order valence-electron chi connectivity index (χ0n) is 11.7. The van der Waals surface area contributed by atoms with Gasteiger partial charge in [0.15, 0.2) is 5.69 Å². The standard InChI is InChI=1S/C12H18N4O4S/c1-2-3-4-16(6-9(13)17)12(20)14-5-10-15-8(7-21-10)11(18)19/h7H,2-6H2,1H3,(H2,13,17)(H,14,20)(H,18,19). The average Bonchev–Trinajstić information content (AvgIpc) is 2.89. The number of carboxylic acid groups (broad SMARTS) is 1. The van der Waals surface area contributed by atoms with E-state index < -0.39 is 17.9 Å². The summed E-state index contributed by atoms with van der Waals surface area (Å²) in [5.41, 5.74) is 5.06. The van der Waals surface area contributed by atoms with Gasteiger partial charge in [-0.25, -0.2) is 14.6 Å². The Balaban J connectivity index is 2.55. The van der Waals surface area contributed by atoms with Gasteiger partial charge < -0.3 is 21.1 Å². The van der Waals surface area contributed by atoms with Crippen molar-refractivity contribution in [3.8, 4) is 0 Å². The molecule has 0 saturated carbocycles. The molecule has 0 bridgehead atoms. The maximum atomic E-state index is 12.0. The lowest BCUT2D eigenvalue weighted by atomic mass is 10.3. The fourth-order valence-corrected chi connectivity index (χ4v) is 2.25. The number of thiazole rings is 1. The Labute approximate surface area is 126 Å². The first-order chi connectivity index (χ1) is 9.93. The molecule has 0 atom stereocenters. The van der Waals surface area contributed by atoms with Crippen molar-refractivity contribution in [2.24, 2.45) is 5.73 Å². The molecule has 0 aromatic carbocycles. The number of nitrogens with zero attached hydrogens (tertiary/aromatic N) is 2. The van der Waals surface area contributed by atoms with Gasteiger partial charge in [0.05, 0.1) is 6.54 Å². The molecule has 0 aliphatic rings. The molecule has 0 saturated heterocycles. The Bertz CT molecular complexity index is 517. The van der Waals surface area contributed by atoms with Gasteiger partial charge in [-0.2, -0.15) is 0 Å². The van der Waals surface area contributed by atoms with Gasteiger partial charge in [-0.3, -0.25) is 4.79 Å². The van der Waals surface area contributed by atoms with Crippen LogP contribution >= 0.6 is 11.3 Å². The highest BCUT2D eigenvalue weighted by atomic mass is 32.1. The molecule has 21 heavy (non-hydrogen) atoms. The number of rotatable bonds is 8. The van der Waals surface area contributed by atoms with Crippen LogP contribution in [0.1, 0.15) is 35.3 Å². The summed E-state index contributed by atoms with van der Waals surface area (Å²) >= 11 is 1.15. The molecule has 4 N–H and O–H groups in total. The third-order valence-corrected chi connectivity index (χ3v) is 3.43. The molecule has 9 heteroatoms. The van der Waals surface area contributed by atoms with Gasteiger partial charge in [-0.15, -0.1) is 11.3 Å². The lowest BCUT2D eigenvalue weighted by Crippen LogP contribution is -2.44. The van der Waals surface area contributed by atoms with Crippen LogP contribution in [0.25, 0.3) is 0 Å². The SMILES string of the molecule is CCCCN(CC(N)=O)C(=O)NCc1nc(C(=O)O)cs1. The number of carboxylic acids is 1. The predicted molar refractivity (Wildman–Crippen MR) is 77.0 cm³/mol. The smallest absolute Gasteiger partial charge is 0.355 e. The maximum Gasteiger partial charge on any atom is 0.355 e. The van der Waals surface area contributed by atoms with E-state index in [1.54, 1.807) is 0 Å². The maximum absolute atomic E-state index is 12.0. The van der Waals surface area contributed by atoms with Gasteiger partial charge in [0, 0.05) is 11.9 Å². The number of carbonyl (C=O) groups excluding carboxylic acids is 2. The van der Waals surface area contributed by atoms with Crippen molar-refractivity contribution in [2.75, 3.05) is 13.1 Å². The number of aromatic nitrogens is 1. The van der Waals surface area contributed by atoms with E-state index in [4.69, 9.17) is 10.8 Å². The van der Waals surface area contributed by atoms with Gasteiger partial charge in [0.2, 0.25) is 5.91 Å². The van der Waals surface area contributed by atoms with Crippen LogP contribution in [0, 0.1) is 0 Å². The van der Waals surface area contributed by atoms with E-state index in [0.29, 0.717) is 11.6 Å². The fraction of sp³-hybridized carbons (Fsp3) is 0.500. The van der Waals surface area contributed by atoms with Crippen LogP contribution in [-0.4, -0.2) is 46.0 Å². The summed E-state index contributed by atoms with van der Waals surface area (Å²) in [6.45, 7) is 2.37. The number of hydrogen-bond donors (Lipinski definition) is 3. The number of nitrogens with two attached hydrogens (primary N) is 1. The summed E-state index contributed by atoms with van der Waals surface area (Å²) in [6.07, 6.45) is 1.65. The van der Waals surface area contributed by atoms with Crippen LogP contribution in [0.4, 0.5) is 4.79 Å². The van der Waals surface area contributed by atoms with Gasteiger partial charge >= 0.3 is 12.0 Å². The van der Waals surface area contributed by atoms with Crippen LogP contribution in [0.5, 0.6) is 0 Å². The van der Waals surface area contributed by atoms with Crippen LogP contribution in [0.2, 0.25) is 0 Å². The first kappa shape index (κ1) is 16.9. The minimum absolute atomic E-state index is 0.0516. The van der Waals surface area contributed by atoms with E-state index in [-0.39, 0.29) is 18.8 Å². The molecular weight excluding hydrogens is 296 g/mol. The largest absolute Gasteiger partial charge is 0.476 e. The van der Waals surface area contributed by atoms with Crippen molar-refractivity contribution in [2.45, 2.75) is 26.3 Å². The van der Waals surface area contributed by atoms with Gasteiger partial charge in [0.25, 0.3) is 0 Å². The molecule has 0 spiro atoms. The first-order valence-corrected chi connectivity index (χ1v) is 7.30. The fourth-order valence-electron chi connectivity index (χ4n) is 1.54. The molecule has 3 amide bonds. The number of primary amides is 1. The highest BCUT2D eigenvalue weighted by Gasteiger charge is 2.16. The monoisotopic (exact) mass is 314 g/mol. The molecule has 0 fully saturated rings. The van der Waals surface area contributed by atoms with E-state index in [9.17, 15) is 14.4 Å². The normalized spacial score (nSPS) is 10.1. The number of aromatic carboxylic acids is 1. The van der Waals surface area contributed by atoms with Crippen molar-refractivity contribution < 1.29 is 19.5 Å². The molecule has 1 aromatic heterocycles. The second kappa shape index (κ2) is 8.20. The minimum Gasteiger partial charge on any atom is -0.476 e. The summed E-state index contributed by atoms with van der Waals surface area (Å²) in [5.74, 6) is -1.69. The Morgan fingerprint density at radius 3 is 2.71 bits per heavy atom. The summed E-state index contributed by atoms with van der Waals surface area (Å²) in [5, 5.41) is 13.2. The summed E-state index contributed by atoms with van der Waals surface area (Å²) in [4.78, 5) is 38.8. The molecule has 0 unspecified atom stereocenters. The van der Waals surface area contributed by atoms with Crippen molar-refractivity contribution in [3.05, 3.63) is 16.1 Å². The second-order valence-electron chi connectivity index (χ2n) is 4.33. The zero-order chi connectivity index (χ0) is 15.8. The van der Waals surface area contributed by atoms with E-state index in [2.05, 4.69) is 10.3 Å². The first-order valence-electron chi connectivity index (χ1n) is 6.42. The van der Waals surface area contributed by atoms with Gasteiger partial charge in [-0.05, 0) is 6.42 Å².